The molecule has 0 aromatic carbocycles. The van der Waals surface area contributed by atoms with E-state index >= 15 is 0 Å². The topological polar surface area (TPSA) is 69.3 Å². The number of rotatable bonds is 2. The lowest BCUT2D eigenvalue weighted by molar-refractivity contribution is -0.174. The molecule has 118 valence electrons. The van der Waals surface area contributed by atoms with Gasteiger partial charge in [0.05, 0.1) is 25.6 Å². The van der Waals surface area contributed by atoms with Crippen LogP contribution in [0.25, 0.3) is 0 Å². The van der Waals surface area contributed by atoms with Gasteiger partial charge in [-0.15, -0.1) is 0 Å². The van der Waals surface area contributed by atoms with Gasteiger partial charge in [-0.3, -0.25) is 0 Å². The highest BCUT2D eigenvalue weighted by molar-refractivity contribution is 5.94. The number of furan rings is 1. The van der Waals surface area contributed by atoms with E-state index in [2.05, 4.69) is 15.2 Å². The van der Waals surface area contributed by atoms with Crippen molar-refractivity contribution < 1.29 is 27.1 Å². The molecule has 9 heteroatoms. The molecule has 2 aromatic rings. The second-order valence-corrected chi connectivity index (χ2v) is 4.85. The average molecular weight is 315 g/mol. The molecule has 0 aliphatic carbocycles. The Morgan fingerprint density at radius 2 is 2.32 bits per heavy atom. The van der Waals surface area contributed by atoms with Crippen molar-refractivity contribution in [2.24, 2.45) is 0 Å². The van der Waals surface area contributed by atoms with Crippen molar-refractivity contribution in [3.05, 3.63) is 35.9 Å². The van der Waals surface area contributed by atoms with E-state index in [1.807, 2.05) is 0 Å². The number of halogens is 3. The Labute approximate surface area is 122 Å². The lowest BCUT2D eigenvalue weighted by atomic mass is 10.0. The fourth-order valence-electron chi connectivity index (χ4n) is 2.50. The number of aromatic nitrogens is 2. The Balaban J connectivity index is 2.06. The zero-order chi connectivity index (χ0) is 15.9. The maximum atomic E-state index is 13.3. The van der Waals surface area contributed by atoms with Gasteiger partial charge in [0.15, 0.2) is 6.04 Å². The molecule has 2 atom stereocenters. The van der Waals surface area contributed by atoms with Crippen molar-refractivity contribution in [1.29, 1.82) is 0 Å². The van der Waals surface area contributed by atoms with Crippen LogP contribution in [0.5, 0.6) is 0 Å². The summed E-state index contributed by atoms with van der Waals surface area (Å²) in [5, 5.41) is 6.56. The highest BCUT2D eigenvalue weighted by Crippen LogP contribution is 2.44. The summed E-state index contributed by atoms with van der Waals surface area (Å²) < 4.78 is 50.4. The van der Waals surface area contributed by atoms with Crippen LogP contribution in [-0.4, -0.2) is 29.0 Å². The predicted octanol–water partition coefficient (Wildman–Crippen LogP) is 2.92. The van der Waals surface area contributed by atoms with E-state index in [0.29, 0.717) is 5.76 Å². The fourth-order valence-corrected chi connectivity index (χ4v) is 2.50. The zero-order valence-electron chi connectivity index (χ0n) is 11.4. The van der Waals surface area contributed by atoms with Gasteiger partial charge >= 0.3 is 12.1 Å². The van der Waals surface area contributed by atoms with Crippen molar-refractivity contribution in [2.75, 3.05) is 12.4 Å². The molecule has 1 aliphatic rings. The van der Waals surface area contributed by atoms with Crippen LogP contribution in [0.1, 0.15) is 34.6 Å². The molecule has 0 unspecified atom stereocenters. The minimum absolute atomic E-state index is 0.0261. The van der Waals surface area contributed by atoms with Crippen molar-refractivity contribution >= 4 is 11.8 Å². The van der Waals surface area contributed by atoms with Crippen molar-refractivity contribution in [2.45, 2.75) is 24.7 Å². The van der Waals surface area contributed by atoms with Crippen LogP contribution in [0.4, 0.5) is 19.0 Å². The van der Waals surface area contributed by atoms with Crippen LogP contribution in [0.15, 0.2) is 29.0 Å². The number of fused-ring (bicyclic) bond motifs is 1. The van der Waals surface area contributed by atoms with Gasteiger partial charge in [-0.25, -0.2) is 9.48 Å². The lowest BCUT2D eigenvalue weighted by Gasteiger charge is -2.32. The molecule has 1 N–H and O–H groups in total. The first kappa shape index (κ1) is 14.5. The maximum Gasteiger partial charge on any atom is 0.410 e. The first-order chi connectivity index (χ1) is 10.4. The smallest absolute Gasteiger partial charge is 0.410 e. The molecule has 0 amide bonds. The summed E-state index contributed by atoms with van der Waals surface area (Å²) in [5.41, 5.74) is -0.0481. The van der Waals surface area contributed by atoms with Crippen LogP contribution in [0, 0.1) is 0 Å². The first-order valence-corrected chi connectivity index (χ1v) is 6.44. The van der Waals surface area contributed by atoms with E-state index in [1.165, 1.54) is 6.26 Å². The van der Waals surface area contributed by atoms with Gasteiger partial charge in [0, 0.05) is 6.42 Å². The highest BCUT2D eigenvalue weighted by atomic mass is 19.4. The molecule has 0 spiro atoms. The van der Waals surface area contributed by atoms with Crippen LogP contribution < -0.4 is 5.32 Å². The molecule has 0 bridgehead atoms. The van der Waals surface area contributed by atoms with E-state index in [4.69, 9.17) is 4.42 Å². The van der Waals surface area contributed by atoms with E-state index in [-0.39, 0.29) is 17.8 Å². The quantitative estimate of drug-likeness (QED) is 0.863. The predicted molar refractivity (Wildman–Crippen MR) is 68.3 cm³/mol. The largest absolute Gasteiger partial charge is 0.467 e. The summed E-state index contributed by atoms with van der Waals surface area (Å²) in [6.45, 7) is 0. The van der Waals surface area contributed by atoms with Crippen LogP contribution in [0.3, 0.4) is 0 Å². The molecule has 3 rings (SSSR count). The first-order valence-electron chi connectivity index (χ1n) is 6.44. The molecule has 0 fully saturated rings. The third-order valence-corrected chi connectivity index (χ3v) is 3.53. The molecule has 0 saturated heterocycles. The van der Waals surface area contributed by atoms with E-state index < -0.39 is 24.2 Å². The normalized spacial score (nSPS) is 21.1. The van der Waals surface area contributed by atoms with Gasteiger partial charge in [0.1, 0.15) is 17.1 Å². The molecule has 0 radical (unpaired) electrons. The van der Waals surface area contributed by atoms with E-state index in [0.717, 1.165) is 18.0 Å². The van der Waals surface area contributed by atoms with Crippen molar-refractivity contribution in [1.82, 2.24) is 9.78 Å². The van der Waals surface area contributed by atoms with Gasteiger partial charge < -0.3 is 14.5 Å². The molecule has 1 aliphatic heterocycles. The standard InChI is InChI=1S/C13H12F3N3O3/c1-21-12(20)7-6-17-19-10(13(14,15)16)5-8(18-11(7)19)9-3-2-4-22-9/h2-4,6,8,10,18H,5H2,1H3/t8-,10-/m1/s1. The number of anilines is 1. The number of carbonyl (C=O) groups excluding carboxylic acids is 1. The highest BCUT2D eigenvalue weighted by Gasteiger charge is 2.47. The Morgan fingerprint density at radius 1 is 1.55 bits per heavy atom. The number of nitrogens with one attached hydrogen (secondary N) is 1. The van der Waals surface area contributed by atoms with Gasteiger partial charge in [0.2, 0.25) is 0 Å². The number of carbonyl (C=O) groups is 1. The van der Waals surface area contributed by atoms with Crippen LogP contribution in [0.2, 0.25) is 0 Å². The second-order valence-electron chi connectivity index (χ2n) is 4.85. The number of alkyl halides is 3. The summed E-state index contributed by atoms with van der Waals surface area (Å²) in [7, 11) is 1.15. The Bertz CT molecular complexity index is 679. The number of hydrogen-bond acceptors (Lipinski definition) is 5. The SMILES string of the molecule is COC(=O)c1cnn2c1N[C@@H](c1ccco1)C[C@@H]2C(F)(F)F. The molecule has 6 nitrogen and oxygen atoms in total. The van der Waals surface area contributed by atoms with Crippen LogP contribution >= 0.6 is 0 Å². The van der Waals surface area contributed by atoms with Gasteiger partial charge in [-0.05, 0) is 12.1 Å². The minimum Gasteiger partial charge on any atom is -0.467 e. The maximum absolute atomic E-state index is 13.3. The van der Waals surface area contributed by atoms with Gasteiger partial charge in [-0.1, -0.05) is 0 Å². The summed E-state index contributed by atoms with van der Waals surface area (Å²) in [4.78, 5) is 11.7. The summed E-state index contributed by atoms with van der Waals surface area (Å²) in [6.07, 6.45) is -2.34. The number of methoxy groups -OCH3 is 1. The Hall–Kier alpha value is -2.45. The van der Waals surface area contributed by atoms with Crippen molar-refractivity contribution in [3.8, 4) is 0 Å². The Morgan fingerprint density at radius 3 is 2.91 bits per heavy atom. The molecular formula is C13H12F3N3O3. The van der Waals surface area contributed by atoms with Gasteiger partial charge in [-0.2, -0.15) is 18.3 Å². The van der Waals surface area contributed by atoms with Gasteiger partial charge in [0.25, 0.3) is 0 Å². The minimum atomic E-state index is -4.50. The lowest BCUT2D eigenvalue weighted by Crippen LogP contribution is -2.36. The molecule has 22 heavy (non-hydrogen) atoms. The third-order valence-electron chi connectivity index (χ3n) is 3.53. The van der Waals surface area contributed by atoms with E-state index in [1.54, 1.807) is 12.1 Å². The molecular weight excluding hydrogens is 303 g/mol. The van der Waals surface area contributed by atoms with E-state index in [9.17, 15) is 18.0 Å². The summed E-state index contributed by atoms with van der Waals surface area (Å²) >= 11 is 0. The zero-order valence-corrected chi connectivity index (χ0v) is 11.4. The fraction of sp³-hybridized carbons (Fsp3) is 0.385. The molecule has 0 saturated carbocycles. The molecule has 2 aromatic heterocycles. The van der Waals surface area contributed by atoms with Crippen molar-refractivity contribution in [3.63, 3.8) is 0 Å². The Kier molecular flexibility index (Phi) is 3.34. The number of nitrogens with zero attached hydrogens (tertiary/aromatic N) is 2. The number of esters is 1. The second kappa shape index (κ2) is 5.08. The average Bonchev–Trinajstić information content (AvgIpc) is 3.13. The number of ether oxygens (including phenoxy) is 1. The third kappa shape index (κ3) is 2.32. The van der Waals surface area contributed by atoms with Crippen LogP contribution in [-0.2, 0) is 4.74 Å². The molecule has 3 heterocycles. The summed E-state index contributed by atoms with van der Waals surface area (Å²) in [6, 6.07) is 0.605. The monoisotopic (exact) mass is 315 g/mol. The number of hydrogen-bond donors (Lipinski definition) is 1. The summed E-state index contributed by atoms with van der Waals surface area (Å²) in [5.74, 6) is -0.422.